The Balaban J connectivity index is 1.91. The fraction of sp³-hybridized carbons (Fsp3) is 0.0556. The summed E-state index contributed by atoms with van der Waals surface area (Å²) >= 11 is 6.31. The Bertz CT molecular complexity index is 947. The molecular weight excluding hydrogens is 296 g/mol. The lowest BCUT2D eigenvalue weighted by molar-refractivity contribution is 0.1000. The van der Waals surface area contributed by atoms with Crippen molar-refractivity contribution in [3.05, 3.63) is 70.9 Å². The van der Waals surface area contributed by atoms with Crippen LogP contribution in [-0.4, -0.2) is 16.5 Å². The summed E-state index contributed by atoms with van der Waals surface area (Å²) in [5.41, 5.74) is 3.59. The van der Waals surface area contributed by atoms with Gasteiger partial charge in [-0.2, -0.15) is 0 Å². The van der Waals surface area contributed by atoms with Crippen LogP contribution in [0.2, 0.25) is 5.15 Å². The molecule has 1 aliphatic rings. The number of carbonyl (C=O) groups excluding carboxylic acids is 1. The molecule has 0 saturated heterocycles. The van der Waals surface area contributed by atoms with Crippen LogP contribution in [0.25, 0.3) is 10.9 Å². The van der Waals surface area contributed by atoms with E-state index >= 15 is 0 Å². The van der Waals surface area contributed by atoms with E-state index < -0.39 is 0 Å². The first-order valence-corrected chi connectivity index (χ1v) is 7.35. The zero-order valence-electron chi connectivity index (χ0n) is 11.6. The van der Waals surface area contributed by atoms with Crippen LogP contribution in [0.5, 0.6) is 0 Å². The lowest BCUT2D eigenvalue weighted by atomic mass is 9.96. The maximum absolute atomic E-state index is 12.3. The third-order valence-electron chi connectivity index (χ3n) is 3.78. The second kappa shape index (κ2) is 5.04. The van der Waals surface area contributed by atoms with Crippen molar-refractivity contribution >= 4 is 39.7 Å². The number of ketones is 1. The number of fused-ring (bicyclic) bond motifs is 2. The maximum atomic E-state index is 12.3. The Hall–Kier alpha value is -2.52. The number of para-hydroxylation sites is 2. The fourth-order valence-electron chi connectivity index (χ4n) is 2.69. The molecule has 0 N–H and O–H groups in total. The summed E-state index contributed by atoms with van der Waals surface area (Å²) in [6, 6.07) is 17.1. The van der Waals surface area contributed by atoms with Crippen molar-refractivity contribution in [3.63, 3.8) is 0 Å². The zero-order chi connectivity index (χ0) is 15.1. The van der Waals surface area contributed by atoms with E-state index in [1.165, 1.54) is 0 Å². The van der Waals surface area contributed by atoms with E-state index in [0.29, 0.717) is 22.1 Å². The lowest BCUT2D eigenvalue weighted by Gasteiger charge is -2.15. The van der Waals surface area contributed by atoms with Gasteiger partial charge in [0.1, 0.15) is 5.15 Å². The molecule has 4 rings (SSSR count). The zero-order valence-corrected chi connectivity index (χ0v) is 12.3. The van der Waals surface area contributed by atoms with Gasteiger partial charge in [-0.15, -0.1) is 0 Å². The number of aliphatic imine (C=N–C) groups is 1. The second-order valence-electron chi connectivity index (χ2n) is 5.20. The van der Waals surface area contributed by atoms with Gasteiger partial charge in [-0.3, -0.25) is 9.79 Å². The number of hydrogen-bond acceptors (Lipinski definition) is 3. The van der Waals surface area contributed by atoms with Crippen LogP contribution in [0.4, 0.5) is 5.69 Å². The number of benzene rings is 2. The number of carbonyl (C=O) groups is 1. The molecule has 0 unspecified atom stereocenters. The minimum atomic E-state index is 0.0600. The van der Waals surface area contributed by atoms with E-state index in [1.807, 2.05) is 48.5 Å². The molecule has 106 valence electrons. The van der Waals surface area contributed by atoms with Gasteiger partial charge in [-0.1, -0.05) is 41.9 Å². The van der Waals surface area contributed by atoms with E-state index in [-0.39, 0.29) is 12.2 Å². The molecule has 0 aliphatic carbocycles. The molecule has 2 aromatic carbocycles. The van der Waals surface area contributed by atoms with Gasteiger partial charge in [-0.25, -0.2) is 4.98 Å². The number of aromatic nitrogens is 1. The van der Waals surface area contributed by atoms with E-state index in [0.717, 1.165) is 16.5 Å². The molecule has 1 aromatic heterocycles. The summed E-state index contributed by atoms with van der Waals surface area (Å²) in [4.78, 5) is 21.3. The summed E-state index contributed by atoms with van der Waals surface area (Å²) in [5, 5.41) is 1.36. The van der Waals surface area contributed by atoms with Crippen LogP contribution in [0.3, 0.4) is 0 Å². The smallest absolute Gasteiger partial charge is 0.171 e. The minimum Gasteiger partial charge on any atom is -0.294 e. The standard InChI is InChI=1S/C18H11ClN2O/c19-18-13(9-11-5-1-3-7-14(11)21-18)16-10-17(22)12-6-2-4-8-15(12)20-16/h1-9H,10H2. The van der Waals surface area contributed by atoms with Crippen molar-refractivity contribution < 1.29 is 4.79 Å². The molecule has 4 heteroatoms. The Kier molecular flexibility index (Phi) is 3.01. The van der Waals surface area contributed by atoms with Gasteiger partial charge in [0, 0.05) is 16.5 Å². The molecule has 2 heterocycles. The largest absolute Gasteiger partial charge is 0.294 e. The highest BCUT2D eigenvalue weighted by Crippen LogP contribution is 2.30. The molecule has 0 bridgehead atoms. The minimum absolute atomic E-state index is 0.0600. The highest BCUT2D eigenvalue weighted by molar-refractivity contribution is 6.35. The highest BCUT2D eigenvalue weighted by Gasteiger charge is 2.22. The molecule has 3 aromatic rings. The molecule has 22 heavy (non-hydrogen) atoms. The molecule has 0 radical (unpaired) electrons. The Morgan fingerprint density at radius 2 is 1.73 bits per heavy atom. The number of hydrogen-bond donors (Lipinski definition) is 0. The highest BCUT2D eigenvalue weighted by atomic mass is 35.5. The summed E-state index contributed by atoms with van der Waals surface area (Å²) < 4.78 is 0. The number of pyridine rings is 1. The van der Waals surface area contributed by atoms with Crippen LogP contribution >= 0.6 is 11.6 Å². The second-order valence-corrected chi connectivity index (χ2v) is 5.55. The third-order valence-corrected chi connectivity index (χ3v) is 4.06. The number of rotatable bonds is 1. The Morgan fingerprint density at radius 3 is 2.64 bits per heavy atom. The molecular formula is C18H11ClN2O. The summed E-state index contributed by atoms with van der Waals surface area (Å²) in [6.45, 7) is 0. The average molecular weight is 307 g/mol. The van der Waals surface area contributed by atoms with E-state index in [4.69, 9.17) is 11.6 Å². The Morgan fingerprint density at radius 1 is 0.955 bits per heavy atom. The monoisotopic (exact) mass is 306 g/mol. The summed E-state index contributed by atoms with van der Waals surface area (Å²) in [7, 11) is 0. The molecule has 0 saturated carbocycles. The van der Waals surface area contributed by atoms with Crippen molar-refractivity contribution in [1.29, 1.82) is 0 Å². The molecule has 1 aliphatic heterocycles. The van der Waals surface area contributed by atoms with Crippen molar-refractivity contribution in [2.45, 2.75) is 6.42 Å². The van der Waals surface area contributed by atoms with Gasteiger partial charge in [-0.05, 0) is 24.3 Å². The molecule has 0 amide bonds. The van der Waals surface area contributed by atoms with Crippen LogP contribution in [0.1, 0.15) is 22.3 Å². The van der Waals surface area contributed by atoms with Gasteiger partial charge < -0.3 is 0 Å². The van der Waals surface area contributed by atoms with Gasteiger partial charge in [0.25, 0.3) is 0 Å². The normalized spacial score (nSPS) is 13.9. The first-order chi connectivity index (χ1) is 10.7. The van der Waals surface area contributed by atoms with E-state index in [2.05, 4.69) is 9.98 Å². The van der Waals surface area contributed by atoms with Gasteiger partial charge in [0.15, 0.2) is 5.78 Å². The lowest BCUT2D eigenvalue weighted by Crippen LogP contribution is -2.15. The topological polar surface area (TPSA) is 42.3 Å². The maximum Gasteiger partial charge on any atom is 0.171 e. The molecule has 0 fully saturated rings. The van der Waals surface area contributed by atoms with E-state index in [1.54, 1.807) is 6.07 Å². The SMILES string of the molecule is O=C1CC(c2cc3ccccc3nc2Cl)=Nc2ccccc21. The Labute approximate surface area is 132 Å². The molecule has 3 nitrogen and oxygen atoms in total. The van der Waals surface area contributed by atoms with Crippen LogP contribution in [0.15, 0.2) is 59.6 Å². The number of Topliss-reactive ketones (excluding diaryl/α,β-unsaturated/α-hetero) is 1. The van der Waals surface area contributed by atoms with E-state index in [9.17, 15) is 4.79 Å². The van der Waals surface area contributed by atoms with Gasteiger partial charge in [0.2, 0.25) is 0 Å². The van der Waals surface area contributed by atoms with Crippen LogP contribution < -0.4 is 0 Å². The summed E-state index contributed by atoms with van der Waals surface area (Å²) in [6.07, 6.45) is 0.247. The average Bonchev–Trinajstić information content (AvgIpc) is 2.54. The molecule has 0 atom stereocenters. The van der Waals surface area contributed by atoms with Gasteiger partial charge >= 0.3 is 0 Å². The predicted octanol–water partition coefficient (Wildman–Crippen LogP) is 4.60. The number of nitrogens with zero attached hydrogens (tertiary/aromatic N) is 2. The first kappa shape index (κ1) is 13.2. The quantitative estimate of drug-likeness (QED) is 0.617. The first-order valence-electron chi connectivity index (χ1n) is 6.98. The van der Waals surface area contributed by atoms with Gasteiger partial charge in [0.05, 0.1) is 23.3 Å². The predicted molar refractivity (Wildman–Crippen MR) is 88.3 cm³/mol. The van der Waals surface area contributed by atoms with Crippen molar-refractivity contribution in [2.75, 3.05) is 0 Å². The summed E-state index contributed by atoms with van der Waals surface area (Å²) in [5.74, 6) is 0.0600. The van der Waals surface area contributed by atoms with Crippen molar-refractivity contribution in [3.8, 4) is 0 Å². The fourth-order valence-corrected chi connectivity index (χ4v) is 2.94. The van der Waals surface area contributed by atoms with Crippen LogP contribution in [-0.2, 0) is 0 Å². The molecule has 0 spiro atoms. The van der Waals surface area contributed by atoms with Crippen molar-refractivity contribution in [1.82, 2.24) is 4.98 Å². The number of halogens is 1. The van der Waals surface area contributed by atoms with Crippen LogP contribution in [0, 0.1) is 0 Å². The third kappa shape index (κ3) is 2.11. The van der Waals surface area contributed by atoms with Crippen molar-refractivity contribution in [2.24, 2.45) is 4.99 Å².